The summed E-state index contributed by atoms with van der Waals surface area (Å²) in [6, 6.07) is 94.8. The Labute approximate surface area is 444 Å². The van der Waals surface area contributed by atoms with Crippen molar-refractivity contribution in [3.8, 4) is 50.2 Å². The fourth-order valence-electron chi connectivity index (χ4n) is 15.4. The molecule has 4 aliphatic rings. The number of rotatable bonds is 6. The molecule has 4 aliphatic carbocycles. The summed E-state index contributed by atoms with van der Waals surface area (Å²) in [5, 5.41) is 2.59. The van der Waals surface area contributed by atoms with E-state index in [-0.39, 0.29) is 5.41 Å². The molecule has 1 heterocycles. The Kier molecular flexibility index (Phi) is 9.12. The summed E-state index contributed by atoms with van der Waals surface area (Å²) in [4.78, 5) is 0. The molecule has 16 rings (SSSR count). The second-order valence-corrected chi connectivity index (χ2v) is 21.6. The molecule has 0 N–H and O–H groups in total. The number of hydrogen-bond acceptors (Lipinski definition) is 0. The average molecular weight is 968 g/mol. The lowest BCUT2D eigenvalue weighted by Gasteiger charge is -2.49. The van der Waals surface area contributed by atoms with Crippen LogP contribution in [-0.2, 0) is 16.2 Å². The zero-order chi connectivity index (χ0) is 50.3. The third-order valence-electron chi connectivity index (χ3n) is 18.6. The fourth-order valence-corrected chi connectivity index (χ4v) is 15.4. The Morgan fingerprint density at radius 1 is 0.303 bits per heavy atom. The van der Waals surface area contributed by atoms with Gasteiger partial charge in [0.05, 0.1) is 21.9 Å². The zero-order valence-electron chi connectivity index (χ0n) is 42.7. The first kappa shape index (κ1) is 43.4. The lowest BCUT2D eigenvalue weighted by Crippen LogP contribution is -2.43. The maximum atomic E-state index is 2.56. The topological polar surface area (TPSA) is 4.93 Å². The summed E-state index contributed by atoms with van der Waals surface area (Å²) in [6.45, 7) is 4.74. The van der Waals surface area contributed by atoms with Gasteiger partial charge in [0.25, 0.3) is 0 Å². The van der Waals surface area contributed by atoms with Crippen LogP contribution in [-0.4, -0.2) is 4.57 Å². The third-order valence-corrected chi connectivity index (χ3v) is 18.6. The highest BCUT2D eigenvalue weighted by molar-refractivity contribution is 6.09. The van der Waals surface area contributed by atoms with Gasteiger partial charge in [-0.2, -0.15) is 0 Å². The molecule has 1 aromatic heterocycles. The molecule has 358 valence electrons. The molecule has 0 amide bonds. The van der Waals surface area contributed by atoms with Gasteiger partial charge in [-0.15, -0.1) is 0 Å². The maximum absolute atomic E-state index is 2.56. The smallest absolute Gasteiger partial charge is 0.0720 e. The van der Waals surface area contributed by atoms with E-state index in [0.717, 1.165) is 12.8 Å². The van der Waals surface area contributed by atoms with Crippen molar-refractivity contribution in [2.24, 2.45) is 0 Å². The van der Waals surface area contributed by atoms with Gasteiger partial charge in [-0.05, 0) is 154 Å². The number of para-hydroxylation sites is 2. The summed E-state index contributed by atoms with van der Waals surface area (Å²) < 4.78 is 2.46. The minimum absolute atomic E-state index is 0.0761. The van der Waals surface area contributed by atoms with Gasteiger partial charge in [0.15, 0.2) is 0 Å². The SMILES string of the molecule is CCC1(CC)c2cc(/C=C/c3ccc(-c4ccc5c(c4)C4(c6ccccc6-c6ccccc64)c4ccccc4C54c5ccccc5-c5ccccc54)cc3)ccc2-c2ccc(-n3c4ccccc4c4ccccc43)cc21. The Bertz CT molecular complexity index is 4290. The van der Waals surface area contributed by atoms with Gasteiger partial charge in [-0.3, -0.25) is 0 Å². The molecule has 76 heavy (non-hydrogen) atoms. The zero-order valence-corrected chi connectivity index (χ0v) is 42.7. The number of benzene rings is 11. The molecular formula is C75H53N. The number of fused-ring (bicyclic) bond motifs is 22. The Morgan fingerprint density at radius 2 is 0.697 bits per heavy atom. The molecule has 0 bridgehead atoms. The molecule has 1 heteroatoms. The monoisotopic (exact) mass is 967 g/mol. The van der Waals surface area contributed by atoms with Crippen LogP contribution in [0.2, 0.25) is 0 Å². The molecule has 0 saturated carbocycles. The van der Waals surface area contributed by atoms with E-state index < -0.39 is 10.8 Å². The summed E-state index contributed by atoms with van der Waals surface area (Å²) in [7, 11) is 0. The second kappa shape index (κ2) is 16.0. The standard InChI is InChI=1S/C75H53N/c1-3-73(4-2)68-45-49(37-42-57(68)58-43-41-52(47-69(58)73)76-71-31-17-9-23-59(71)60-24-10-18-32-72(60)76)34-33-48-35-38-50(39-36-48)51-40-44-67-70(46-51)75(63-27-13-7-21-55(63)56-22-8-14-28-64(56)75)66-30-16-15-29-65(66)74(67)61-25-11-5-19-53(61)54-20-6-12-26-62(54)74/h5-47H,3-4H2,1-2H3/b34-33+. The van der Waals surface area contributed by atoms with Gasteiger partial charge < -0.3 is 4.57 Å². The van der Waals surface area contributed by atoms with Gasteiger partial charge >= 0.3 is 0 Å². The van der Waals surface area contributed by atoms with Crippen LogP contribution in [0.5, 0.6) is 0 Å². The number of aromatic nitrogens is 1. The van der Waals surface area contributed by atoms with Crippen LogP contribution in [0.15, 0.2) is 249 Å². The van der Waals surface area contributed by atoms with E-state index in [4.69, 9.17) is 0 Å². The van der Waals surface area contributed by atoms with Crippen LogP contribution in [0.1, 0.15) is 93.5 Å². The molecule has 0 radical (unpaired) electrons. The first-order valence-corrected chi connectivity index (χ1v) is 27.3. The van der Waals surface area contributed by atoms with Crippen molar-refractivity contribution in [3.63, 3.8) is 0 Å². The molecular weight excluding hydrogens is 915 g/mol. The van der Waals surface area contributed by atoms with E-state index in [1.807, 2.05) is 0 Å². The van der Waals surface area contributed by atoms with Crippen LogP contribution < -0.4 is 0 Å². The molecule has 0 saturated heterocycles. The summed E-state index contributed by atoms with van der Waals surface area (Å²) >= 11 is 0. The molecule has 12 aromatic rings. The van der Waals surface area contributed by atoms with E-state index in [1.54, 1.807) is 0 Å². The van der Waals surface area contributed by atoms with Crippen LogP contribution in [0.25, 0.3) is 84.2 Å². The van der Waals surface area contributed by atoms with Gasteiger partial charge in [0.2, 0.25) is 0 Å². The van der Waals surface area contributed by atoms with Crippen molar-refractivity contribution < 1.29 is 0 Å². The van der Waals surface area contributed by atoms with Crippen molar-refractivity contribution in [2.45, 2.75) is 42.9 Å². The Hall–Kier alpha value is -9.04. The number of nitrogens with zero attached hydrogens (tertiary/aromatic N) is 1. The van der Waals surface area contributed by atoms with Crippen molar-refractivity contribution in [1.29, 1.82) is 0 Å². The largest absolute Gasteiger partial charge is 0.309 e. The molecule has 0 fully saturated rings. The van der Waals surface area contributed by atoms with Crippen LogP contribution in [0.4, 0.5) is 0 Å². The fraction of sp³-hybridized carbons (Fsp3) is 0.0933. The van der Waals surface area contributed by atoms with Gasteiger partial charge in [0, 0.05) is 21.9 Å². The molecule has 0 aliphatic heterocycles. The number of hydrogen-bond donors (Lipinski definition) is 0. The maximum Gasteiger partial charge on any atom is 0.0720 e. The highest BCUT2D eigenvalue weighted by Crippen LogP contribution is 2.67. The lowest BCUT2D eigenvalue weighted by molar-refractivity contribution is 0.490. The van der Waals surface area contributed by atoms with E-state index in [9.17, 15) is 0 Å². The molecule has 0 atom stereocenters. The van der Waals surface area contributed by atoms with Crippen molar-refractivity contribution >= 4 is 34.0 Å². The van der Waals surface area contributed by atoms with E-state index in [1.165, 1.54) is 139 Å². The van der Waals surface area contributed by atoms with Crippen molar-refractivity contribution in [1.82, 2.24) is 4.57 Å². The summed E-state index contributed by atoms with van der Waals surface area (Å²) in [5.41, 5.74) is 29.2. The molecule has 11 aromatic carbocycles. The Morgan fingerprint density at radius 3 is 1.24 bits per heavy atom. The summed E-state index contributed by atoms with van der Waals surface area (Å²) in [6.07, 6.45) is 6.67. The first-order chi connectivity index (χ1) is 37.6. The highest BCUT2D eigenvalue weighted by atomic mass is 15.0. The quantitative estimate of drug-likeness (QED) is 0.146. The van der Waals surface area contributed by atoms with Gasteiger partial charge in [0.1, 0.15) is 0 Å². The second-order valence-electron chi connectivity index (χ2n) is 21.6. The first-order valence-electron chi connectivity index (χ1n) is 27.3. The minimum Gasteiger partial charge on any atom is -0.309 e. The van der Waals surface area contributed by atoms with Crippen molar-refractivity contribution in [2.75, 3.05) is 0 Å². The molecule has 1 nitrogen and oxygen atoms in total. The van der Waals surface area contributed by atoms with Crippen LogP contribution in [0.3, 0.4) is 0 Å². The Balaban J connectivity index is 0.792. The van der Waals surface area contributed by atoms with Gasteiger partial charge in [-0.1, -0.05) is 244 Å². The van der Waals surface area contributed by atoms with Crippen molar-refractivity contribution in [3.05, 3.63) is 315 Å². The average Bonchev–Trinajstić information content (AvgIpc) is 4.04. The highest BCUT2D eigenvalue weighted by Gasteiger charge is 2.59. The minimum atomic E-state index is -0.519. The predicted molar refractivity (Wildman–Crippen MR) is 317 cm³/mol. The van der Waals surface area contributed by atoms with E-state index in [2.05, 4.69) is 279 Å². The van der Waals surface area contributed by atoms with E-state index >= 15 is 0 Å². The third kappa shape index (κ3) is 5.49. The van der Waals surface area contributed by atoms with Crippen LogP contribution in [0, 0.1) is 0 Å². The molecule has 0 unspecified atom stereocenters. The molecule has 2 spiro atoms. The summed E-state index contributed by atoms with van der Waals surface area (Å²) in [5.74, 6) is 0. The lowest BCUT2D eigenvalue weighted by atomic mass is 9.52. The van der Waals surface area contributed by atoms with Gasteiger partial charge in [-0.25, -0.2) is 0 Å². The van der Waals surface area contributed by atoms with Crippen LogP contribution >= 0.6 is 0 Å². The predicted octanol–water partition coefficient (Wildman–Crippen LogP) is 18.7. The normalized spacial score (nSPS) is 15.1. The van der Waals surface area contributed by atoms with E-state index in [0.29, 0.717) is 0 Å².